The first-order chi connectivity index (χ1) is 10.3. The zero-order valence-corrected chi connectivity index (χ0v) is 11.9. The van der Waals surface area contributed by atoms with Crippen LogP contribution < -0.4 is 11.1 Å². The lowest BCUT2D eigenvalue weighted by atomic mass is 10.2. The molecule has 0 saturated carbocycles. The van der Waals surface area contributed by atoms with Crippen LogP contribution in [-0.2, 0) is 22.7 Å². The summed E-state index contributed by atoms with van der Waals surface area (Å²) in [6.45, 7) is 1.14. The molecule has 110 valence electrons. The molecule has 1 amide bonds. The van der Waals surface area contributed by atoms with Gasteiger partial charge in [0.05, 0.1) is 13.2 Å². The second-order valence-electron chi connectivity index (χ2n) is 4.81. The lowest BCUT2D eigenvalue weighted by Gasteiger charge is -2.13. The van der Waals surface area contributed by atoms with E-state index < -0.39 is 6.04 Å². The van der Waals surface area contributed by atoms with Crippen LogP contribution in [0.5, 0.6) is 0 Å². The third kappa shape index (κ3) is 5.38. The Hall–Kier alpha value is -2.17. The van der Waals surface area contributed by atoms with Gasteiger partial charge in [-0.25, -0.2) is 0 Å². The van der Waals surface area contributed by atoms with Crippen LogP contribution in [0.3, 0.4) is 0 Å². The highest BCUT2D eigenvalue weighted by Gasteiger charge is 2.13. The van der Waals surface area contributed by atoms with E-state index in [0.717, 1.165) is 11.1 Å². The molecular formula is C17H20N2O2. The molecule has 0 bridgehead atoms. The van der Waals surface area contributed by atoms with E-state index in [2.05, 4.69) is 5.32 Å². The van der Waals surface area contributed by atoms with Crippen molar-refractivity contribution in [2.24, 2.45) is 5.73 Å². The van der Waals surface area contributed by atoms with Crippen molar-refractivity contribution in [3.05, 3.63) is 71.8 Å². The van der Waals surface area contributed by atoms with E-state index in [-0.39, 0.29) is 12.5 Å². The predicted octanol–water partition coefficient (Wildman–Crippen LogP) is 1.85. The highest BCUT2D eigenvalue weighted by molar-refractivity contribution is 5.81. The van der Waals surface area contributed by atoms with Gasteiger partial charge in [0.15, 0.2) is 0 Å². The van der Waals surface area contributed by atoms with E-state index in [1.165, 1.54) is 0 Å². The van der Waals surface area contributed by atoms with Crippen LogP contribution in [0.4, 0.5) is 0 Å². The molecule has 0 spiro atoms. The van der Waals surface area contributed by atoms with E-state index in [4.69, 9.17) is 10.5 Å². The van der Waals surface area contributed by atoms with Crippen molar-refractivity contribution in [2.75, 3.05) is 6.61 Å². The number of nitrogens with one attached hydrogen (secondary N) is 1. The van der Waals surface area contributed by atoms with Gasteiger partial charge in [-0.15, -0.1) is 0 Å². The van der Waals surface area contributed by atoms with Gasteiger partial charge in [-0.2, -0.15) is 0 Å². The molecule has 0 radical (unpaired) electrons. The topological polar surface area (TPSA) is 64.3 Å². The fourth-order valence-corrected chi connectivity index (χ4v) is 1.87. The van der Waals surface area contributed by atoms with E-state index in [1.807, 2.05) is 60.7 Å². The minimum atomic E-state index is -0.655. The van der Waals surface area contributed by atoms with Gasteiger partial charge in [-0.05, 0) is 11.1 Å². The number of hydrogen-bond donors (Lipinski definition) is 2. The average molecular weight is 284 g/mol. The standard InChI is InChI=1S/C17H20N2O2/c18-16(13-21-12-15-9-5-2-6-10-15)17(20)19-11-14-7-3-1-4-8-14/h1-10,16H,11-13,18H2,(H,19,20)/t16-/m0/s1. The molecule has 1 atom stereocenters. The number of carbonyl (C=O) groups is 1. The zero-order chi connectivity index (χ0) is 14.9. The van der Waals surface area contributed by atoms with Crippen LogP contribution in [0.1, 0.15) is 11.1 Å². The van der Waals surface area contributed by atoms with Gasteiger partial charge in [0.1, 0.15) is 6.04 Å². The average Bonchev–Trinajstić information content (AvgIpc) is 2.54. The Bertz CT molecular complexity index is 543. The lowest BCUT2D eigenvalue weighted by molar-refractivity contribution is -0.124. The maximum absolute atomic E-state index is 11.8. The van der Waals surface area contributed by atoms with Gasteiger partial charge in [-0.1, -0.05) is 60.7 Å². The summed E-state index contributed by atoms with van der Waals surface area (Å²) in [6.07, 6.45) is 0. The van der Waals surface area contributed by atoms with Gasteiger partial charge >= 0.3 is 0 Å². The Morgan fingerprint density at radius 1 is 1.00 bits per heavy atom. The fourth-order valence-electron chi connectivity index (χ4n) is 1.87. The molecule has 21 heavy (non-hydrogen) atoms. The fraction of sp³-hybridized carbons (Fsp3) is 0.235. The quantitative estimate of drug-likeness (QED) is 0.815. The summed E-state index contributed by atoms with van der Waals surface area (Å²) in [6, 6.07) is 18.9. The van der Waals surface area contributed by atoms with Crippen molar-refractivity contribution in [3.63, 3.8) is 0 Å². The lowest BCUT2D eigenvalue weighted by Crippen LogP contribution is -2.43. The van der Waals surface area contributed by atoms with Crippen molar-refractivity contribution < 1.29 is 9.53 Å². The van der Waals surface area contributed by atoms with Gasteiger partial charge < -0.3 is 15.8 Å². The summed E-state index contributed by atoms with van der Waals surface area (Å²) < 4.78 is 5.47. The highest BCUT2D eigenvalue weighted by atomic mass is 16.5. The second kappa shape index (κ2) is 8.19. The summed E-state index contributed by atoms with van der Waals surface area (Å²) in [5.74, 6) is -0.202. The molecule has 3 N–H and O–H groups in total. The van der Waals surface area contributed by atoms with Crippen LogP contribution in [0.25, 0.3) is 0 Å². The number of nitrogens with two attached hydrogens (primary N) is 1. The minimum Gasteiger partial charge on any atom is -0.375 e. The van der Waals surface area contributed by atoms with E-state index >= 15 is 0 Å². The van der Waals surface area contributed by atoms with Gasteiger partial charge in [-0.3, -0.25) is 4.79 Å². The Morgan fingerprint density at radius 3 is 2.19 bits per heavy atom. The van der Waals surface area contributed by atoms with Crippen molar-refractivity contribution in [1.82, 2.24) is 5.32 Å². The molecule has 0 aliphatic carbocycles. The molecule has 0 aliphatic heterocycles. The first-order valence-electron chi connectivity index (χ1n) is 6.94. The third-order valence-electron chi connectivity index (χ3n) is 3.06. The number of carbonyl (C=O) groups excluding carboxylic acids is 1. The number of amides is 1. The molecule has 0 fully saturated rings. The Labute approximate surface area is 124 Å². The Kier molecular flexibility index (Phi) is 5.94. The summed E-state index contributed by atoms with van der Waals surface area (Å²) in [4.78, 5) is 11.8. The van der Waals surface area contributed by atoms with Crippen LogP contribution in [-0.4, -0.2) is 18.6 Å². The molecular weight excluding hydrogens is 264 g/mol. The molecule has 0 aliphatic rings. The molecule has 2 rings (SSSR count). The van der Waals surface area contributed by atoms with E-state index in [0.29, 0.717) is 13.2 Å². The Balaban J connectivity index is 1.68. The van der Waals surface area contributed by atoms with Gasteiger partial charge in [0, 0.05) is 6.54 Å². The molecule has 4 nitrogen and oxygen atoms in total. The molecule has 0 heterocycles. The summed E-state index contributed by atoms with van der Waals surface area (Å²) in [5, 5.41) is 2.80. The Morgan fingerprint density at radius 2 is 1.57 bits per heavy atom. The third-order valence-corrected chi connectivity index (χ3v) is 3.06. The maximum atomic E-state index is 11.8. The second-order valence-corrected chi connectivity index (χ2v) is 4.81. The van der Waals surface area contributed by atoms with Crippen molar-refractivity contribution in [1.29, 1.82) is 0 Å². The summed E-state index contributed by atoms with van der Waals surface area (Å²) in [7, 11) is 0. The molecule has 0 unspecified atom stereocenters. The van der Waals surface area contributed by atoms with E-state index in [1.54, 1.807) is 0 Å². The predicted molar refractivity (Wildman–Crippen MR) is 82.4 cm³/mol. The molecule has 0 aromatic heterocycles. The molecule has 2 aromatic carbocycles. The van der Waals surface area contributed by atoms with Crippen LogP contribution in [0.2, 0.25) is 0 Å². The van der Waals surface area contributed by atoms with Gasteiger partial charge in [0.25, 0.3) is 0 Å². The summed E-state index contributed by atoms with van der Waals surface area (Å²) >= 11 is 0. The molecule has 2 aromatic rings. The zero-order valence-electron chi connectivity index (χ0n) is 11.9. The van der Waals surface area contributed by atoms with Gasteiger partial charge in [0.2, 0.25) is 5.91 Å². The minimum absolute atomic E-state index is 0.202. The van der Waals surface area contributed by atoms with Crippen LogP contribution >= 0.6 is 0 Å². The van der Waals surface area contributed by atoms with Crippen molar-refractivity contribution in [2.45, 2.75) is 19.2 Å². The molecule has 4 heteroatoms. The number of ether oxygens (including phenoxy) is 1. The normalized spacial score (nSPS) is 11.9. The number of hydrogen-bond acceptors (Lipinski definition) is 3. The maximum Gasteiger partial charge on any atom is 0.239 e. The van der Waals surface area contributed by atoms with E-state index in [9.17, 15) is 4.79 Å². The van der Waals surface area contributed by atoms with Crippen molar-refractivity contribution in [3.8, 4) is 0 Å². The largest absolute Gasteiger partial charge is 0.375 e. The number of benzene rings is 2. The van der Waals surface area contributed by atoms with Crippen LogP contribution in [0, 0.1) is 0 Å². The van der Waals surface area contributed by atoms with Crippen molar-refractivity contribution >= 4 is 5.91 Å². The first-order valence-corrected chi connectivity index (χ1v) is 6.94. The number of rotatable bonds is 7. The monoisotopic (exact) mass is 284 g/mol. The highest BCUT2D eigenvalue weighted by Crippen LogP contribution is 2.01. The first kappa shape index (κ1) is 15.2. The molecule has 0 saturated heterocycles. The smallest absolute Gasteiger partial charge is 0.239 e. The SMILES string of the molecule is N[C@@H](COCc1ccccc1)C(=O)NCc1ccccc1. The van der Waals surface area contributed by atoms with Crippen LogP contribution in [0.15, 0.2) is 60.7 Å². The summed E-state index contributed by atoms with van der Waals surface area (Å²) in [5.41, 5.74) is 7.92.